The van der Waals surface area contributed by atoms with Crippen LogP contribution in [0.5, 0.6) is 11.5 Å². The molecule has 3 nitrogen and oxygen atoms in total. The molecule has 0 saturated carbocycles. The van der Waals surface area contributed by atoms with E-state index in [4.69, 9.17) is 4.74 Å². The molecule has 1 atom stereocenters. The third-order valence-electron chi connectivity index (χ3n) is 3.78. The largest absolute Gasteiger partial charge is 0.507 e. The van der Waals surface area contributed by atoms with Crippen molar-refractivity contribution < 1.29 is 9.84 Å². The van der Waals surface area contributed by atoms with Crippen LogP contribution in [-0.4, -0.2) is 12.2 Å². The minimum Gasteiger partial charge on any atom is -0.507 e. The standard InChI is InChI=1S/C18H23NO2/c1-12-9-15(10-13(2)18(12)20)11-19-14(3)16-5-7-17(21-4)8-6-16/h5-10,14,19-20H,11H2,1-4H3/t14-/m0/s1. The van der Waals surface area contributed by atoms with Crippen LogP contribution in [0.4, 0.5) is 0 Å². The summed E-state index contributed by atoms with van der Waals surface area (Å²) in [4.78, 5) is 0. The minimum absolute atomic E-state index is 0.255. The van der Waals surface area contributed by atoms with Gasteiger partial charge in [-0.3, -0.25) is 0 Å². The Bertz CT molecular complexity index is 582. The van der Waals surface area contributed by atoms with Crippen molar-refractivity contribution >= 4 is 0 Å². The summed E-state index contributed by atoms with van der Waals surface area (Å²) < 4.78 is 5.17. The highest BCUT2D eigenvalue weighted by Gasteiger charge is 2.07. The van der Waals surface area contributed by atoms with Gasteiger partial charge in [0.25, 0.3) is 0 Å². The Hall–Kier alpha value is -2.00. The average molecular weight is 285 g/mol. The molecular formula is C18H23NO2. The lowest BCUT2D eigenvalue weighted by Gasteiger charge is -2.16. The summed E-state index contributed by atoms with van der Waals surface area (Å²) >= 11 is 0. The quantitative estimate of drug-likeness (QED) is 0.876. The molecule has 112 valence electrons. The lowest BCUT2D eigenvalue weighted by molar-refractivity contribution is 0.414. The maximum Gasteiger partial charge on any atom is 0.121 e. The fourth-order valence-corrected chi connectivity index (χ4v) is 2.43. The zero-order valence-electron chi connectivity index (χ0n) is 13.1. The van der Waals surface area contributed by atoms with E-state index in [0.29, 0.717) is 5.75 Å². The van der Waals surface area contributed by atoms with Gasteiger partial charge in [0.1, 0.15) is 11.5 Å². The Morgan fingerprint density at radius 1 is 1.10 bits per heavy atom. The second-order valence-electron chi connectivity index (χ2n) is 5.45. The predicted molar refractivity (Wildman–Crippen MR) is 85.8 cm³/mol. The van der Waals surface area contributed by atoms with E-state index >= 15 is 0 Å². The summed E-state index contributed by atoms with van der Waals surface area (Å²) in [6.45, 7) is 6.77. The van der Waals surface area contributed by atoms with Gasteiger partial charge in [-0.05, 0) is 55.2 Å². The van der Waals surface area contributed by atoms with Crippen molar-refractivity contribution in [2.45, 2.75) is 33.4 Å². The third kappa shape index (κ3) is 3.76. The molecule has 0 amide bonds. The number of hydrogen-bond acceptors (Lipinski definition) is 3. The average Bonchev–Trinajstić information content (AvgIpc) is 2.50. The molecule has 0 heterocycles. The number of methoxy groups -OCH3 is 1. The van der Waals surface area contributed by atoms with E-state index in [0.717, 1.165) is 23.4 Å². The van der Waals surface area contributed by atoms with Crippen molar-refractivity contribution in [3.63, 3.8) is 0 Å². The van der Waals surface area contributed by atoms with Gasteiger partial charge in [0.2, 0.25) is 0 Å². The first-order valence-corrected chi connectivity index (χ1v) is 7.17. The van der Waals surface area contributed by atoms with Crippen molar-refractivity contribution in [1.29, 1.82) is 0 Å². The lowest BCUT2D eigenvalue weighted by atomic mass is 10.0. The molecular weight excluding hydrogens is 262 g/mol. The van der Waals surface area contributed by atoms with Crippen molar-refractivity contribution in [1.82, 2.24) is 5.32 Å². The van der Waals surface area contributed by atoms with Crippen LogP contribution in [0.2, 0.25) is 0 Å². The molecule has 21 heavy (non-hydrogen) atoms. The maximum absolute atomic E-state index is 9.80. The molecule has 0 aliphatic heterocycles. The number of hydrogen-bond donors (Lipinski definition) is 2. The van der Waals surface area contributed by atoms with Crippen LogP contribution in [0.3, 0.4) is 0 Å². The van der Waals surface area contributed by atoms with Crippen LogP contribution >= 0.6 is 0 Å². The number of rotatable bonds is 5. The maximum atomic E-state index is 9.80. The summed E-state index contributed by atoms with van der Waals surface area (Å²) in [7, 11) is 1.67. The van der Waals surface area contributed by atoms with Gasteiger partial charge >= 0.3 is 0 Å². The van der Waals surface area contributed by atoms with Crippen LogP contribution < -0.4 is 10.1 Å². The first kappa shape index (κ1) is 15.4. The molecule has 0 unspecified atom stereocenters. The van der Waals surface area contributed by atoms with Gasteiger partial charge in [0, 0.05) is 12.6 Å². The topological polar surface area (TPSA) is 41.5 Å². The summed E-state index contributed by atoms with van der Waals surface area (Å²) in [5.41, 5.74) is 4.25. The van der Waals surface area contributed by atoms with Crippen molar-refractivity contribution in [2.75, 3.05) is 7.11 Å². The van der Waals surface area contributed by atoms with E-state index < -0.39 is 0 Å². The zero-order valence-corrected chi connectivity index (χ0v) is 13.1. The number of nitrogens with one attached hydrogen (secondary N) is 1. The molecule has 0 aromatic heterocycles. The highest BCUT2D eigenvalue weighted by atomic mass is 16.5. The number of phenolic OH excluding ortho intramolecular Hbond substituents is 1. The smallest absolute Gasteiger partial charge is 0.121 e. The van der Waals surface area contributed by atoms with E-state index in [-0.39, 0.29) is 6.04 Å². The fraction of sp³-hybridized carbons (Fsp3) is 0.333. The van der Waals surface area contributed by atoms with E-state index in [1.165, 1.54) is 11.1 Å². The molecule has 0 radical (unpaired) electrons. The van der Waals surface area contributed by atoms with Crippen molar-refractivity contribution in [3.8, 4) is 11.5 Å². The van der Waals surface area contributed by atoms with E-state index in [1.54, 1.807) is 7.11 Å². The van der Waals surface area contributed by atoms with Gasteiger partial charge in [-0.15, -0.1) is 0 Å². The molecule has 0 spiro atoms. The van der Waals surface area contributed by atoms with Crippen LogP contribution in [-0.2, 0) is 6.54 Å². The number of phenols is 1. The van der Waals surface area contributed by atoms with Gasteiger partial charge in [0.15, 0.2) is 0 Å². The van der Waals surface area contributed by atoms with Gasteiger partial charge in [-0.25, -0.2) is 0 Å². The minimum atomic E-state index is 0.255. The Morgan fingerprint density at radius 2 is 1.67 bits per heavy atom. The summed E-state index contributed by atoms with van der Waals surface area (Å²) in [5, 5.41) is 13.3. The second kappa shape index (κ2) is 6.64. The predicted octanol–water partition coefficient (Wildman–Crippen LogP) is 3.87. The molecule has 0 fully saturated rings. The Balaban J connectivity index is 2.01. The molecule has 0 saturated heterocycles. The second-order valence-corrected chi connectivity index (χ2v) is 5.45. The zero-order chi connectivity index (χ0) is 15.4. The van der Waals surface area contributed by atoms with Gasteiger partial charge in [-0.2, -0.15) is 0 Å². The number of aromatic hydroxyl groups is 1. The molecule has 0 bridgehead atoms. The van der Waals surface area contributed by atoms with Gasteiger partial charge in [0.05, 0.1) is 7.11 Å². The van der Waals surface area contributed by atoms with Crippen molar-refractivity contribution in [2.24, 2.45) is 0 Å². The SMILES string of the molecule is COc1ccc([C@H](C)NCc2cc(C)c(O)c(C)c2)cc1. The Labute approximate surface area is 126 Å². The van der Waals surface area contributed by atoms with E-state index in [9.17, 15) is 5.11 Å². The van der Waals surface area contributed by atoms with Crippen molar-refractivity contribution in [3.05, 3.63) is 58.7 Å². The fourth-order valence-electron chi connectivity index (χ4n) is 2.43. The highest BCUT2D eigenvalue weighted by molar-refractivity contribution is 5.42. The normalized spacial score (nSPS) is 12.2. The Kier molecular flexibility index (Phi) is 4.86. The molecule has 2 N–H and O–H groups in total. The molecule has 2 aromatic rings. The van der Waals surface area contributed by atoms with Crippen LogP contribution in [0, 0.1) is 13.8 Å². The highest BCUT2D eigenvalue weighted by Crippen LogP contribution is 2.23. The lowest BCUT2D eigenvalue weighted by Crippen LogP contribution is -2.18. The van der Waals surface area contributed by atoms with Gasteiger partial charge in [-0.1, -0.05) is 24.3 Å². The number of benzene rings is 2. The molecule has 2 aromatic carbocycles. The van der Waals surface area contributed by atoms with E-state index in [1.807, 2.05) is 38.1 Å². The molecule has 2 rings (SSSR count). The molecule has 0 aliphatic rings. The monoisotopic (exact) mass is 285 g/mol. The number of aryl methyl sites for hydroxylation is 2. The third-order valence-corrected chi connectivity index (χ3v) is 3.78. The van der Waals surface area contributed by atoms with Crippen LogP contribution in [0.25, 0.3) is 0 Å². The summed E-state index contributed by atoms with van der Waals surface area (Å²) in [6, 6.07) is 12.4. The first-order valence-electron chi connectivity index (χ1n) is 7.17. The summed E-state index contributed by atoms with van der Waals surface area (Å²) in [5.74, 6) is 1.26. The van der Waals surface area contributed by atoms with Crippen LogP contribution in [0.15, 0.2) is 36.4 Å². The van der Waals surface area contributed by atoms with E-state index in [2.05, 4.69) is 24.4 Å². The molecule has 3 heteroatoms. The number of ether oxygens (including phenoxy) is 1. The van der Waals surface area contributed by atoms with Crippen LogP contribution in [0.1, 0.15) is 35.2 Å². The molecule has 0 aliphatic carbocycles. The first-order chi connectivity index (χ1) is 10.0. The Morgan fingerprint density at radius 3 is 2.19 bits per heavy atom. The summed E-state index contributed by atoms with van der Waals surface area (Å²) in [6.07, 6.45) is 0. The van der Waals surface area contributed by atoms with Gasteiger partial charge < -0.3 is 15.2 Å².